The zero-order valence-corrected chi connectivity index (χ0v) is 12.1. The van der Waals surface area contributed by atoms with Gasteiger partial charge in [0.25, 0.3) is 0 Å². The van der Waals surface area contributed by atoms with Crippen molar-refractivity contribution in [3.8, 4) is 5.69 Å². The first-order valence-electron chi connectivity index (χ1n) is 5.69. The molecule has 0 radical (unpaired) electrons. The van der Waals surface area contributed by atoms with Crippen molar-refractivity contribution in [3.63, 3.8) is 0 Å². The van der Waals surface area contributed by atoms with Crippen LogP contribution in [0.3, 0.4) is 0 Å². The first-order valence-corrected chi connectivity index (χ1v) is 6.45. The highest BCUT2D eigenvalue weighted by molar-refractivity contribution is 6.31. The molecule has 3 nitrogen and oxygen atoms in total. The average molecular weight is 324 g/mol. The zero-order chi connectivity index (χ0) is 15.1. The Balaban J connectivity index is 2.63. The van der Waals surface area contributed by atoms with Gasteiger partial charge in [-0.2, -0.15) is 13.2 Å². The lowest BCUT2D eigenvalue weighted by Crippen LogP contribution is -2.09. The molecule has 1 aromatic heterocycles. The molecule has 0 amide bonds. The van der Waals surface area contributed by atoms with E-state index < -0.39 is 11.7 Å². The van der Waals surface area contributed by atoms with Crippen LogP contribution in [0, 0.1) is 0 Å². The Morgan fingerprint density at radius 1 is 1.15 bits per heavy atom. The zero-order valence-electron chi connectivity index (χ0n) is 10.5. The maximum Gasteiger partial charge on any atom is 0.417 e. The second-order valence-electron chi connectivity index (χ2n) is 4.48. The van der Waals surface area contributed by atoms with Crippen LogP contribution < -0.4 is 0 Å². The van der Waals surface area contributed by atoms with Crippen molar-refractivity contribution in [3.05, 3.63) is 39.9 Å². The van der Waals surface area contributed by atoms with E-state index in [0.29, 0.717) is 5.82 Å². The van der Waals surface area contributed by atoms with Crippen LogP contribution in [-0.4, -0.2) is 14.8 Å². The van der Waals surface area contributed by atoms with Gasteiger partial charge >= 0.3 is 6.18 Å². The third-order valence-electron chi connectivity index (χ3n) is 2.68. The molecule has 0 fully saturated rings. The molecule has 0 bridgehead atoms. The first-order chi connectivity index (χ1) is 9.21. The summed E-state index contributed by atoms with van der Waals surface area (Å²) < 4.78 is 40.0. The third kappa shape index (κ3) is 2.76. The van der Waals surface area contributed by atoms with Gasteiger partial charge in [0, 0.05) is 5.92 Å². The minimum absolute atomic E-state index is 0.00384. The largest absolute Gasteiger partial charge is 0.417 e. The number of benzene rings is 1. The fraction of sp³-hybridized carbons (Fsp3) is 0.333. The van der Waals surface area contributed by atoms with Crippen LogP contribution >= 0.6 is 23.2 Å². The summed E-state index contributed by atoms with van der Waals surface area (Å²) in [5.41, 5.74) is -0.698. The number of nitrogens with zero attached hydrogens (tertiary/aromatic N) is 3. The molecule has 0 aliphatic carbocycles. The van der Waals surface area contributed by atoms with Crippen LogP contribution in [0.15, 0.2) is 18.2 Å². The summed E-state index contributed by atoms with van der Waals surface area (Å²) in [4.78, 5) is 0. The van der Waals surface area contributed by atoms with E-state index in [2.05, 4.69) is 10.2 Å². The van der Waals surface area contributed by atoms with Gasteiger partial charge in [-0.25, -0.2) is 0 Å². The number of hydrogen-bond acceptors (Lipinski definition) is 2. The molecule has 0 atom stereocenters. The van der Waals surface area contributed by atoms with E-state index in [4.69, 9.17) is 23.2 Å². The smallest absolute Gasteiger partial charge is 0.270 e. The monoisotopic (exact) mass is 323 g/mol. The minimum atomic E-state index is -4.54. The summed E-state index contributed by atoms with van der Waals surface area (Å²) in [5, 5.41) is 7.20. The third-order valence-corrected chi connectivity index (χ3v) is 3.25. The molecule has 1 aromatic carbocycles. The molecule has 0 saturated carbocycles. The quantitative estimate of drug-likeness (QED) is 0.800. The fourth-order valence-corrected chi connectivity index (χ4v) is 2.21. The van der Waals surface area contributed by atoms with Crippen LogP contribution in [0.25, 0.3) is 5.69 Å². The summed E-state index contributed by atoms with van der Waals surface area (Å²) in [6, 6.07) is 3.56. The molecule has 108 valence electrons. The average Bonchev–Trinajstić information content (AvgIpc) is 2.70. The Morgan fingerprint density at radius 3 is 2.35 bits per heavy atom. The molecule has 20 heavy (non-hydrogen) atoms. The first kappa shape index (κ1) is 15.1. The van der Waals surface area contributed by atoms with Gasteiger partial charge in [0.15, 0.2) is 0 Å². The highest BCUT2D eigenvalue weighted by atomic mass is 35.5. The van der Waals surface area contributed by atoms with Gasteiger partial charge < -0.3 is 0 Å². The van der Waals surface area contributed by atoms with Gasteiger partial charge in [0.2, 0.25) is 5.28 Å². The molecular formula is C12H10Cl2F3N3. The normalized spacial score (nSPS) is 12.2. The van der Waals surface area contributed by atoms with Crippen molar-refractivity contribution < 1.29 is 13.2 Å². The highest BCUT2D eigenvalue weighted by Gasteiger charge is 2.33. The van der Waals surface area contributed by atoms with E-state index in [1.54, 1.807) is 0 Å². The van der Waals surface area contributed by atoms with E-state index in [-0.39, 0.29) is 21.9 Å². The van der Waals surface area contributed by atoms with Crippen LogP contribution in [0.5, 0.6) is 0 Å². The van der Waals surface area contributed by atoms with Crippen LogP contribution in [-0.2, 0) is 6.18 Å². The summed E-state index contributed by atoms with van der Waals surface area (Å²) in [7, 11) is 0. The number of alkyl halides is 3. The summed E-state index contributed by atoms with van der Waals surface area (Å²) in [5.74, 6) is 0.436. The Bertz CT molecular complexity index is 635. The Morgan fingerprint density at radius 2 is 1.80 bits per heavy atom. The summed E-state index contributed by atoms with van der Waals surface area (Å²) in [6.07, 6.45) is -4.54. The highest BCUT2D eigenvalue weighted by Crippen LogP contribution is 2.36. The SMILES string of the molecule is CC(C)c1nnc(Cl)n1-c1ccc(Cl)c(C(F)(F)F)c1. The van der Waals surface area contributed by atoms with E-state index in [0.717, 1.165) is 6.07 Å². The second kappa shape index (κ2) is 5.26. The summed E-state index contributed by atoms with van der Waals surface area (Å²) >= 11 is 11.5. The molecule has 2 aromatic rings. The predicted octanol–water partition coefficient (Wildman–Crippen LogP) is 4.72. The van der Waals surface area contributed by atoms with Crippen LogP contribution in [0.2, 0.25) is 10.3 Å². The fourth-order valence-electron chi connectivity index (χ4n) is 1.76. The predicted molar refractivity (Wildman–Crippen MR) is 70.5 cm³/mol. The van der Waals surface area contributed by atoms with Crippen LogP contribution in [0.4, 0.5) is 13.2 Å². The Labute approximate surface area is 123 Å². The molecule has 0 N–H and O–H groups in total. The molecule has 1 heterocycles. The minimum Gasteiger partial charge on any atom is -0.270 e. The number of halogens is 5. The lowest BCUT2D eigenvalue weighted by atomic mass is 10.1. The van der Waals surface area contributed by atoms with Gasteiger partial charge in [0.1, 0.15) is 5.82 Å². The van der Waals surface area contributed by atoms with Crippen molar-refractivity contribution >= 4 is 23.2 Å². The van der Waals surface area contributed by atoms with Crippen molar-refractivity contribution in [2.75, 3.05) is 0 Å². The van der Waals surface area contributed by atoms with Crippen LogP contribution in [0.1, 0.15) is 31.2 Å². The van der Waals surface area contributed by atoms with Gasteiger partial charge in [-0.1, -0.05) is 25.4 Å². The molecular weight excluding hydrogens is 314 g/mol. The molecule has 2 rings (SSSR count). The molecule has 0 spiro atoms. The van der Waals surface area contributed by atoms with Crippen molar-refractivity contribution in [2.24, 2.45) is 0 Å². The van der Waals surface area contributed by atoms with Gasteiger partial charge in [-0.15, -0.1) is 10.2 Å². The van der Waals surface area contributed by atoms with E-state index in [9.17, 15) is 13.2 Å². The number of hydrogen-bond donors (Lipinski definition) is 0. The van der Waals surface area contributed by atoms with Gasteiger partial charge in [-0.3, -0.25) is 4.57 Å². The lowest BCUT2D eigenvalue weighted by Gasteiger charge is -2.14. The van der Waals surface area contributed by atoms with Crippen molar-refractivity contribution in [1.82, 2.24) is 14.8 Å². The summed E-state index contributed by atoms with van der Waals surface area (Å²) in [6.45, 7) is 3.69. The Kier molecular flexibility index (Phi) is 3.97. The molecule has 0 aliphatic heterocycles. The van der Waals surface area contributed by atoms with E-state index in [1.165, 1.54) is 16.7 Å². The number of rotatable bonds is 2. The maximum atomic E-state index is 12.9. The van der Waals surface area contributed by atoms with Gasteiger partial charge in [-0.05, 0) is 29.8 Å². The topological polar surface area (TPSA) is 30.7 Å². The molecule has 0 saturated heterocycles. The second-order valence-corrected chi connectivity index (χ2v) is 5.22. The van der Waals surface area contributed by atoms with Crippen molar-refractivity contribution in [2.45, 2.75) is 25.9 Å². The number of aromatic nitrogens is 3. The Hall–Kier alpha value is -1.27. The van der Waals surface area contributed by atoms with Gasteiger partial charge in [0.05, 0.1) is 16.3 Å². The standard InChI is InChI=1S/C12H10Cl2F3N3/c1-6(2)10-18-19-11(14)20(10)7-3-4-9(13)8(5-7)12(15,16)17/h3-6H,1-2H3. The maximum absolute atomic E-state index is 12.9. The molecule has 0 aliphatic rings. The molecule has 8 heteroatoms. The van der Waals surface area contributed by atoms with Crippen molar-refractivity contribution in [1.29, 1.82) is 0 Å². The molecule has 0 unspecified atom stereocenters. The van der Waals surface area contributed by atoms with E-state index in [1.807, 2.05) is 13.8 Å². The van der Waals surface area contributed by atoms with E-state index >= 15 is 0 Å². The lowest BCUT2D eigenvalue weighted by molar-refractivity contribution is -0.137.